The van der Waals surface area contributed by atoms with Gasteiger partial charge < -0.3 is 5.32 Å². The second-order valence-corrected chi connectivity index (χ2v) is 4.92. The fraction of sp³-hybridized carbons (Fsp3) is 1.00. The number of unbranched alkanes of at least 4 members (excludes halogenated alkanes) is 2. The molecule has 0 spiro atoms. The van der Waals surface area contributed by atoms with Gasteiger partial charge in [0.2, 0.25) is 0 Å². The van der Waals surface area contributed by atoms with Crippen molar-refractivity contribution in [1.82, 2.24) is 5.32 Å². The van der Waals surface area contributed by atoms with Crippen LogP contribution in [0.3, 0.4) is 0 Å². The summed E-state index contributed by atoms with van der Waals surface area (Å²) in [6.45, 7) is 6.89. The van der Waals surface area contributed by atoms with Crippen molar-refractivity contribution < 1.29 is 0 Å². The van der Waals surface area contributed by atoms with E-state index in [1.807, 2.05) is 0 Å². The molecule has 0 aliphatic rings. The Kier molecular flexibility index (Phi) is 10.4. The molecule has 0 heterocycles. The third kappa shape index (κ3) is 8.92. The number of hydrogen-bond donors (Lipinski definition) is 1. The van der Waals surface area contributed by atoms with Crippen molar-refractivity contribution in [3.05, 3.63) is 0 Å². The highest BCUT2D eigenvalue weighted by Gasteiger charge is 2.09. The van der Waals surface area contributed by atoms with Crippen LogP contribution in [0, 0.1) is 5.92 Å². The maximum absolute atomic E-state index is 3.33. The van der Waals surface area contributed by atoms with Gasteiger partial charge >= 0.3 is 0 Å². The van der Waals surface area contributed by atoms with Gasteiger partial charge in [-0.25, -0.2) is 0 Å². The number of nitrogens with one attached hydrogen (secondary N) is 1. The van der Waals surface area contributed by atoms with Crippen LogP contribution in [0.25, 0.3) is 0 Å². The Morgan fingerprint density at radius 2 is 1.60 bits per heavy atom. The van der Waals surface area contributed by atoms with E-state index in [9.17, 15) is 0 Å². The average Bonchev–Trinajstić information content (AvgIpc) is 2.25. The average molecular weight is 213 g/mol. The molecule has 1 nitrogen and oxygen atoms in total. The molecular formula is C14H31N. The minimum absolute atomic E-state index is 0.690. The molecule has 92 valence electrons. The quantitative estimate of drug-likeness (QED) is 0.531. The predicted molar refractivity (Wildman–Crippen MR) is 70.3 cm³/mol. The first kappa shape index (κ1) is 15.0. The highest BCUT2D eigenvalue weighted by Crippen LogP contribution is 2.21. The summed E-state index contributed by atoms with van der Waals surface area (Å²) < 4.78 is 0. The van der Waals surface area contributed by atoms with Crippen molar-refractivity contribution in [2.45, 2.75) is 78.2 Å². The Balaban J connectivity index is 3.62. The molecular weight excluding hydrogens is 182 g/mol. The fourth-order valence-corrected chi connectivity index (χ4v) is 2.15. The van der Waals surface area contributed by atoms with Crippen molar-refractivity contribution in [2.24, 2.45) is 5.92 Å². The molecule has 2 atom stereocenters. The van der Waals surface area contributed by atoms with E-state index in [1.54, 1.807) is 0 Å². The summed E-state index contributed by atoms with van der Waals surface area (Å²) in [6.07, 6.45) is 11.2. The minimum Gasteiger partial charge on any atom is -0.317 e. The van der Waals surface area contributed by atoms with Crippen LogP contribution in [-0.4, -0.2) is 13.1 Å². The Bertz CT molecular complexity index is 123. The van der Waals surface area contributed by atoms with Gasteiger partial charge in [-0.2, -0.15) is 0 Å². The summed E-state index contributed by atoms with van der Waals surface area (Å²) >= 11 is 0. The van der Waals surface area contributed by atoms with Crippen molar-refractivity contribution in [1.29, 1.82) is 0 Å². The van der Waals surface area contributed by atoms with E-state index in [0.717, 1.165) is 5.92 Å². The van der Waals surface area contributed by atoms with Gasteiger partial charge in [0.05, 0.1) is 0 Å². The molecule has 0 rings (SSSR count). The number of rotatable bonds is 10. The third-order valence-electron chi connectivity index (χ3n) is 3.41. The maximum atomic E-state index is 3.33. The molecule has 0 aliphatic heterocycles. The van der Waals surface area contributed by atoms with Crippen LogP contribution in [0.15, 0.2) is 0 Å². The molecule has 0 aromatic rings. The van der Waals surface area contributed by atoms with Gasteiger partial charge in [-0.1, -0.05) is 52.4 Å². The minimum atomic E-state index is 0.690. The summed E-state index contributed by atoms with van der Waals surface area (Å²) in [5.41, 5.74) is 0. The molecule has 0 saturated carbocycles. The topological polar surface area (TPSA) is 12.0 Å². The molecule has 0 fully saturated rings. The molecule has 2 unspecified atom stereocenters. The maximum Gasteiger partial charge on any atom is 0.00358 e. The van der Waals surface area contributed by atoms with E-state index in [1.165, 1.54) is 51.4 Å². The second-order valence-electron chi connectivity index (χ2n) is 4.92. The zero-order valence-corrected chi connectivity index (χ0v) is 11.3. The Hall–Kier alpha value is -0.0400. The molecule has 0 saturated heterocycles. The summed E-state index contributed by atoms with van der Waals surface area (Å²) in [6, 6.07) is 0.690. The fourth-order valence-electron chi connectivity index (χ4n) is 2.15. The first-order valence-electron chi connectivity index (χ1n) is 6.91. The van der Waals surface area contributed by atoms with Gasteiger partial charge in [0.15, 0.2) is 0 Å². The first-order chi connectivity index (χ1) is 7.24. The Morgan fingerprint density at radius 3 is 2.13 bits per heavy atom. The lowest BCUT2D eigenvalue weighted by Gasteiger charge is -2.18. The summed E-state index contributed by atoms with van der Waals surface area (Å²) in [5.74, 6) is 0.984. The molecule has 1 N–H and O–H groups in total. The molecule has 15 heavy (non-hydrogen) atoms. The molecule has 0 bridgehead atoms. The van der Waals surface area contributed by atoms with Crippen molar-refractivity contribution >= 4 is 0 Å². The van der Waals surface area contributed by atoms with Crippen molar-refractivity contribution in [2.75, 3.05) is 7.05 Å². The van der Waals surface area contributed by atoms with Gasteiger partial charge in [0.1, 0.15) is 0 Å². The first-order valence-corrected chi connectivity index (χ1v) is 6.91. The lowest BCUT2D eigenvalue weighted by atomic mass is 9.91. The lowest BCUT2D eigenvalue weighted by Crippen LogP contribution is -2.21. The van der Waals surface area contributed by atoms with E-state index in [2.05, 4.69) is 33.1 Å². The Morgan fingerprint density at radius 1 is 0.867 bits per heavy atom. The van der Waals surface area contributed by atoms with Gasteiger partial charge in [-0.15, -0.1) is 0 Å². The molecule has 0 aromatic carbocycles. The normalized spacial score (nSPS) is 15.2. The summed E-state index contributed by atoms with van der Waals surface area (Å²) in [5, 5.41) is 3.33. The SMILES string of the molecule is CCCCCC(CCC)CCC(C)NC. The summed E-state index contributed by atoms with van der Waals surface area (Å²) in [4.78, 5) is 0. The highest BCUT2D eigenvalue weighted by molar-refractivity contribution is 4.64. The second kappa shape index (κ2) is 10.5. The smallest absolute Gasteiger partial charge is 0.00358 e. The lowest BCUT2D eigenvalue weighted by molar-refractivity contribution is 0.367. The van der Waals surface area contributed by atoms with Gasteiger partial charge in [-0.3, -0.25) is 0 Å². The van der Waals surface area contributed by atoms with Crippen LogP contribution in [0.4, 0.5) is 0 Å². The van der Waals surface area contributed by atoms with Crippen LogP contribution < -0.4 is 5.32 Å². The van der Waals surface area contributed by atoms with Crippen LogP contribution in [0.5, 0.6) is 0 Å². The largest absolute Gasteiger partial charge is 0.317 e. The zero-order valence-electron chi connectivity index (χ0n) is 11.3. The zero-order chi connectivity index (χ0) is 11.5. The van der Waals surface area contributed by atoms with Crippen molar-refractivity contribution in [3.8, 4) is 0 Å². The van der Waals surface area contributed by atoms with Gasteiger partial charge in [0.25, 0.3) is 0 Å². The standard InChI is InChI=1S/C14H31N/c1-5-7-8-10-14(9-6-2)12-11-13(3)15-4/h13-15H,5-12H2,1-4H3. The van der Waals surface area contributed by atoms with Gasteiger partial charge in [-0.05, 0) is 32.7 Å². The molecule has 0 aromatic heterocycles. The summed E-state index contributed by atoms with van der Waals surface area (Å²) in [7, 11) is 2.07. The monoisotopic (exact) mass is 213 g/mol. The van der Waals surface area contributed by atoms with E-state index >= 15 is 0 Å². The predicted octanol–water partition coefficient (Wildman–Crippen LogP) is 4.37. The van der Waals surface area contributed by atoms with Crippen LogP contribution >= 0.6 is 0 Å². The van der Waals surface area contributed by atoms with E-state index < -0.39 is 0 Å². The van der Waals surface area contributed by atoms with E-state index in [-0.39, 0.29) is 0 Å². The highest BCUT2D eigenvalue weighted by atomic mass is 14.8. The molecule has 0 radical (unpaired) electrons. The Labute approximate surface area is 97.0 Å². The van der Waals surface area contributed by atoms with Crippen LogP contribution in [0.2, 0.25) is 0 Å². The van der Waals surface area contributed by atoms with Crippen LogP contribution in [0.1, 0.15) is 72.1 Å². The molecule has 0 aliphatic carbocycles. The van der Waals surface area contributed by atoms with Crippen molar-refractivity contribution in [3.63, 3.8) is 0 Å². The molecule has 0 amide bonds. The van der Waals surface area contributed by atoms with Gasteiger partial charge in [0, 0.05) is 6.04 Å². The van der Waals surface area contributed by atoms with E-state index in [0.29, 0.717) is 6.04 Å². The number of hydrogen-bond acceptors (Lipinski definition) is 1. The third-order valence-corrected chi connectivity index (χ3v) is 3.41. The van der Waals surface area contributed by atoms with E-state index in [4.69, 9.17) is 0 Å². The molecule has 1 heteroatoms. The van der Waals surface area contributed by atoms with Crippen LogP contribution in [-0.2, 0) is 0 Å².